The molecule has 1 heterocycles. The monoisotopic (exact) mass is 265 g/mol. The first-order valence-electron chi connectivity index (χ1n) is 6.48. The molecule has 0 amide bonds. The average molecular weight is 265 g/mol. The number of nitrogens with one attached hydrogen (secondary N) is 2. The number of carbonyl (C=O) groups excluding carboxylic acids is 1. The minimum atomic E-state index is 0.208. The number of para-hydroxylation sites is 2. The number of ether oxygens (including phenoxy) is 1. The fourth-order valence-corrected chi connectivity index (χ4v) is 1.93. The summed E-state index contributed by atoms with van der Waals surface area (Å²) in [6.07, 6.45) is 0.708. The van der Waals surface area contributed by atoms with Crippen molar-refractivity contribution in [2.45, 2.75) is 0 Å². The third-order valence-electron chi connectivity index (χ3n) is 2.87. The van der Waals surface area contributed by atoms with Gasteiger partial charge in [-0.2, -0.15) is 0 Å². The van der Waals surface area contributed by atoms with Crippen molar-refractivity contribution in [3.8, 4) is 0 Å². The van der Waals surface area contributed by atoms with Crippen LogP contribution >= 0.6 is 0 Å². The third kappa shape index (κ3) is 5.28. The molecule has 5 nitrogen and oxygen atoms in total. The summed E-state index contributed by atoms with van der Waals surface area (Å²) >= 11 is 0. The number of benzene rings is 1. The molecular weight excluding hydrogens is 242 g/mol. The van der Waals surface area contributed by atoms with Gasteiger partial charge in [-0.05, 0) is 12.1 Å². The van der Waals surface area contributed by atoms with E-state index in [4.69, 9.17) is 0 Å². The van der Waals surface area contributed by atoms with Crippen LogP contribution in [0, 0.1) is 0 Å². The van der Waals surface area contributed by atoms with Crippen LogP contribution in [0.2, 0.25) is 0 Å². The number of aldehydes is 1. The van der Waals surface area contributed by atoms with Crippen molar-refractivity contribution in [3.63, 3.8) is 0 Å². The molecule has 1 saturated heterocycles. The van der Waals surface area contributed by atoms with Gasteiger partial charge in [0.05, 0.1) is 11.4 Å². The van der Waals surface area contributed by atoms with E-state index in [0.717, 1.165) is 26.2 Å². The van der Waals surface area contributed by atoms with E-state index in [2.05, 4.69) is 44.5 Å². The molecule has 106 valence electrons. The van der Waals surface area contributed by atoms with Gasteiger partial charge in [0.15, 0.2) is 0 Å². The Morgan fingerprint density at radius 2 is 2.05 bits per heavy atom. The van der Waals surface area contributed by atoms with Gasteiger partial charge in [-0.25, -0.2) is 0 Å². The van der Waals surface area contributed by atoms with Crippen molar-refractivity contribution in [1.82, 2.24) is 5.32 Å². The summed E-state index contributed by atoms with van der Waals surface area (Å²) in [6, 6.07) is 8.46. The van der Waals surface area contributed by atoms with Crippen LogP contribution in [-0.4, -0.2) is 53.2 Å². The van der Waals surface area contributed by atoms with Crippen molar-refractivity contribution < 1.29 is 9.53 Å². The van der Waals surface area contributed by atoms with Gasteiger partial charge >= 0.3 is 0 Å². The zero-order valence-corrected chi connectivity index (χ0v) is 11.7. The summed E-state index contributed by atoms with van der Waals surface area (Å²) in [5.41, 5.74) is 2.53. The zero-order valence-electron chi connectivity index (χ0n) is 11.7. The standard InChI is InChI=1S/C11H17N3.C3H6O2/c1-12-10-4-2-3-5-11(10)14-8-6-13-7-9-14;1-5-3-2-4/h2-5,12-13H,6-9H2,1H3;2H,3H2,1H3. The van der Waals surface area contributed by atoms with Crippen molar-refractivity contribution >= 4 is 17.7 Å². The fraction of sp³-hybridized carbons (Fsp3) is 0.500. The lowest BCUT2D eigenvalue weighted by Crippen LogP contribution is -2.43. The number of hydrogen-bond acceptors (Lipinski definition) is 5. The first-order chi connectivity index (χ1) is 9.33. The van der Waals surface area contributed by atoms with E-state index in [0.29, 0.717) is 6.29 Å². The molecule has 0 saturated carbocycles. The quantitative estimate of drug-likeness (QED) is 0.795. The SMILES string of the molecule is CNc1ccccc1N1CCNCC1.COCC=O. The van der Waals surface area contributed by atoms with Crippen LogP contribution in [0.15, 0.2) is 24.3 Å². The molecule has 19 heavy (non-hydrogen) atoms. The van der Waals surface area contributed by atoms with Gasteiger partial charge in [0.2, 0.25) is 0 Å². The molecule has 2 rings (SSSR count). The van der Waals surface area contributed by atoms with Gasteiger partial charge in [0.1, 0.15) is 12.9 Å². The molecule has 0 unspecified atom stereocenters. The highest BCUT2D eigenvalue weighted by Crippen LogP contribution is 2.24. The molecule has 1 aromatic rings. The lowest BCUT2D eigenvalue weighted by Gasteiger charge is -2.30. The van der Waals surface area contributed by atoms with E-state index in [1.807, 2.05) is 7.05 Å². The molecular formula is C14H23N3O2. The van der Waals surface area contributed by atoms with Crippen molar-refractivity contribution in [2.75, 3.05) is 57.2 Å². The second-order valence-electron chi connectivity index (χ2n) is 4.13. The van der Waals surface area contributed by atoms with Crippen LogP contribution in [0.3, 0.4) is 0 Å². The molecule has 0 bridgehead atoms. The van der Waals surface area contributed by atoms with Crippen molar-refractivity contribution in [3.05, 3.63) is 24.3 Å². The maximum Gasteiger partial charge on any atom is 0.145 e. The van der Waals surface area contributed by atoms with E-state index < -0.39 is 0 Å². The Kier molecular flexibility index (Phi) is 7.62. The molecule has 0 radical (unpaired) electrons. The number of nitrogens with zero attached hydrogens (tertiary/aromatic N) is 1. The molecule has 0 aromatic heterocycles. The Morgan fingerprint density at radius 1 is 1.37 bits per heavy atom. The number of piperazine rings is 1. The average Bonchev–Trinajstić information content (AvgIpc) is 2.49. The van der Waals surface area contributed by atoms with Crippen LogP contribution in [0.5, 0.6) is 0 Å². The first-order valence-corrected chi connectivity index (χ1v) is 6.48. The highest BCUT2D eigenvalue weighted by Gasteiger charge is 2.12. The molecule has 1 fully saturated rings. The Bertz CT molecular complexity index is 365. The fourth-order valence-electron chi connectivity index (χ4n) is 1.93. The lowest BCUT2D eigenvalue weighted by atomic mass is 10.2. The van der Waals surface area contributed by atoms with Gasteiger partial charge in [-0.1, -0.05) is 12.1 Å². The largest absolute Gasteiger partial charge is 0.386 e. The molecule has 2 N–H and O–H groups in total. The minimum absolute atomic E-state index is 0.208. The zero-order chi connectivity index (χ0) is 13.9. The Balaban J connectivity index is 0.000000312. The summed E-state index contributed by atoms with van der Waals surface area (Å²) < 4.78 is 4.32. The summed E-state index contributed by atoms with van der Waals surface area (Å²) in [5, 5.41) is 6.59. The number of hydrogen-bond donors (Lipinski definition) is 2. The van der Waals surface area contributed by atoms with Crippen LogP contribution in [0.25, 0.3) is 0 Å². The highest BCUT2D eigenvalue weighted by molar-refractivity contribution is 5.69. The normalized spacial score (nSPS) is 14.3. The van der Waals surface area contributed by atoms with E-state index in [9.17, 15) is 4.79 Å². The molecule has 1 aliphatic rings. The van der Waals surface area contributed by atoms with Gasteiger partial charge < -0.3 is 25.1 Å². The van der Waals surface area contributed by atoms with Crippen LogP contribution in [0.1, 0.15) is 0 Å². The summed E-state index contributed by atoms with van der Waals surface area (Å²) in [7, 11) is 3.45. The number of methoxy groups -OCH3 is 1. The van der Waals surface area contributed by atoms with Crippen molar-refractivity contribution in [1.29, 1.82) is 0 Å². The van der Waals surface area contributed by atoms with Gasteiger partial charge in [0, 0.05) is 40.3 Å². The third-order valence-corrected chi connectivity index (χ3v) is 2.87. The van der Waals surface area contributed by atoms with E-state index >= 15 is 0 Å². The Hall–Kier alpha value is -1.59. The van der Waals surface area contributed by atoms with Gasteiger partial charge in [0.25, 0.3) is 0 Å². The predicted molar refractivity (Wildman–Crippen MR) is 79.0 cm³/mol. The molecule has 5 heteroatoms. The molecule has 1 aromatic carbocycles. The molecule has 0 atom stereocenters. The second-order valence-corrected chi connectivity index (χ2v) is 4.13. The Morgan fingerprint density at radius 3 is 2.58 bits per heavy atom. The maximum absolute atomic E-state index is 9.28. The van der Waals surface area contributed by atoms with E-state index in [1.54, 1.807) is 0 Å². The predicted octanol–water partition coefficient (Wildman–Crippen LogP) is 0.970. The summed E-state index contributed by atoms with van der Waals surface area (Å²) in [5.74, 6) is 0. The minimum Gasteiger partial charge on any atom is -0.386 e. The van der Waals surface area contributed by atoms with Gasteiger partial charge in [-0.3, -0.25) is 0 Å². The first kappa shape index (κ1) is 15.5. The maximum atomic E-state index is 9.28. The number of anilines is 2. The highest BCUT2D eigenvalue weighted by atomic mass is 16.5. The van der Waals surface area contributed by atoms with Crippen LogP contribution < -0.4 is 15.5 Å². The van der Waals surface area contributed by atoms with E-state index in [1.165, 1.54) is 18.5 Å². The van der Waals surface area contributed by atoms with Crippen molar-refractivity contribution in [2.24, 2.45) is 0 Å². The number of carbonyl (C=O) groups is 1. The number of rotatable bonds is 4. The van der Waals surface area contributed by atoms with E-state index in [-0.39, 0.29) is 6.61 Å². The Labute approximate surface area is 114 Å². The second kappa shape index (κ2) is 9.35. The molecule has 0 aliphatic carbocycles. The van der Waals surface area contributed by atoms with Gasteiger partial charge in [-0.15, -0.1) is 0 Å². The topological polar surface area (TPSA) is 53.6 Å². The molecule has 1 aliphatic heterocycles. The van der Waals surface area contributed by atoms with Crippen LogP contribution in [0.4, 0.5) is 11.4 Å². The van der Waals surface area contributed by atoms with Crippen LogP contribution in [-0.2, 0) is 9.53 Å². The smallest absolute Gasteiger partial charge is 0.145 e. The molecule has 0 spiro atoms. The summed E-state index contributed by atoms with van der Waals surface area (Å²) in [4.78, 5) is 11.7. The lowest BCUT2D eigenvalue weighted by molar-refractivity contribution is -0.110. The summed E-state index contributed by atoms with van der Waals surface area (Å²) in [6.45, 7) is 4.56.